The van der Waals surface area contributed by atoms with Gasteiger partial charge in [0, 0.05) is 23.0 Å². The van der Waals surface area contributed by atoms with E-state index in [0.717, 1.165) is 25.1 Å². The van der Waals surface area contributed by atoms with Crippen molar-refractivity contribution in [1.82, 2.24) is 20.4 Å². The minimum absolute atomic E-state index is 0.0589. The van der Waals surface area contributed by atoms with Crippen LogP contribution in [0.1, 0.15) is 42.4 Å². The highest BCUT2D eigenvalue weighted by atomic mass is 35.5. The Hall–Kier alpha value is -3.23. The molecule has 1 fully saturated rings. The number of benzene rings is 2. The molecule has 0 saturated carbocycles. The number of piperidine rings is 1. The highest BCUT2D eigenvalue weighted by Gasteiger charge is 2.27. The lowest BCUT2D eigenvalue weighted by Gasteiger charge is -2.30. The van der Waals surface area contributed by atoms with Gasteiger partial charge in [-0.25, -0.2) is 0 Å². The zero-order chi connectivity index (χ0) is 23.9. The topological polar surface area (TPSA) is 100 Å². The van der Waals surface area contributed by atoms with Crippen molar-refractivity contribution < 1.29 is 14.1 Å². The van der Waals surface area contributed by atoms with Gasteiger partial charge in [0.1, 0.15) is 0 Å². The Morgan fingerprint density at radius 3 is 2.71 bits per heavy atom. The molecule has 3 aromatic rings. The second-order valence-electron chi connectivity index (χ2n) is 8.36. The largest absolute Gasteiger partial charge is 0.352 e. The summed E-state index contributed by atoms with van der Waals surface area (Å²) in [6, 6.07) is 14.4. The number of nitrogens with zero attached hydrogens (tertiary/aromatic N) is 3. The molecule has 1 saturated heterocycles. The lowest BCUT2D eigenvalue weighted by Crippen LogP contribution is -2.38. The van der Waals surface area contributed by atoms with Crippen molar-refractivity contribution >= 4 is 29.1 Å². The van der Waals surface area contributed by atoms with Crippen LogP contribution >= 0.6 is 11.6 Å². The smallest absolute Gasteiger partial charge is 0.253 e. The molecule has 1 aromatic heterocycles. The summed E-state index contributed by atoms with van der Waals surface area (Å²) in [6.45, 7) is 4.61. The second-order valence-corrected chi connectivity index (χ2v) is 8.80. The van der Waals surface area contributed by atoms with E-state index in [1.165, 1.54) is 0 Å². The van der Waals surface area contributed by atoms with Crippen LogP contribution in [0.15, 0.2) is 53.1 Å². The number of carbonyl (C=O) groups excluding carboxylic acids is 2. The molecular formula is C25H28ClN5O3. The van der Waals surface area contributed by atoms with Crippen LogP contribution in [-0.4, -0.2) is 46.5 Å². The predicted molar refractivity (Wildman–Crippen MR) is 130 cm³/mol. The SMILES string of the molecule is CCCNC(=O)c1ccccc1NC(=O)C1CCN(Cc2nc(-c3cccc(Cl)c3)no2)CC1. The highest BCUT2D eigenvalue weighted by molar-refractivity contribution is 6.30. The molecule has 4 rings (SSSR count). The first-order chi connectivity index (χ1) is 16.5. The van der Waals surface area contributed by atoms with Crippen molar-refractivity contribution in [2.24, 2.45) is 5.92 Å². The Morgan fingerprint density at radius 1 is 1.15 bits per heavy atom. The molecule has 0 bridgehead atoms. The number of aromatic nitrogens is 2. The molecule has 34 heavy (non-hydrogen) atoms. The van der Waals surface area contributed by atoms with Crippen molar-refractivity contribution in [3.8, 4) is 11.4 Å². The average Bonchev–Trinajstić information content (AvgIpc) is 3.32. The van der Waals surface area contributed by atoms with Crippen LogP contribution in [0, 0.1) is 5.92 Å². The Kier molecular flexibility index (Phi) is 7.92. The van der Waals surface area contributed by atoms with Crippen LogP contribution in [0.3, 0.4) is 0 Å². The van der Waals surface area contributed by atoms with Crippen molar-refractivity contribution in [3.05, 3.63) is 65.0 Å². The Balaban J connectivity index is 1.30. The first-order valence-electron chi connectivity index (χ1n) is 11.5. The molecule has 9 heteroatoms. The first-order valence-corrected chi connectivity index (χ1v) is 11.9. The lowest BCUT2D eigenvalue weighted by atomic mass is 9.95. The Morgan fingerprint density at radius 2 is 1.94 bits per heavy atom. The molecule has 178 valence electrons. The maximum Gasteiger partial charge on any atom is 0.253 e. The fourth-order valence-electron chi connectivity index (χ4n) is 3.97. The lowest BCUT2D eigenvalue weighted by molar-refractivity contribution is -0.121. The zero-order valence-electron chi connectivity index (χ0n) is 19.1. The van der Waals surface area contributed by atoms with E-state index in [9.17, 15) is 9.59 Å². The summed E-state index contributed by atoms with van der Waals surface area (Å²) >= 11 is 6.04. The van der Waals surface area contributed by atoms with Crippen LogP contribution in [0.5, 0.6) is 0 Å². The van der Waals surface area contributed by atoms with E-state index in [2.05, 4.69) is 25.7 Å². The van der Waals surface area contributed by atoms with E-state index < -0.39 is 0 Å². The number of rotatable bonds is 8. The monoisotopic (exact) mass is 481 g/mol. The minimum atomic E-state index is -0.177. The standard InChI is InChI=1S/C25H28ClN5O3/c1-2-12-27-25(33)20-8-3-4-9-21(20)28-24(32)17-10-13-31(14-11-17)16-22-29-23(30-34-22)18-6-5-7-19(26)15-18/h3-9,15,17H,2,10-14,16H2,1H3,(H,27,33)(H,28,32). The van der Waals surface area contributed by atoms with Gasteiger partial charge in [0.15, 0.2) is 0 Å². The van der Waals surface area contributed by atoms with Gasteiger partial charge in [-0.15, -0.1) is 0 Å². The molecule has 0 radical (unpaired) electrons. The summed E-state index contributed by atoms with van der Waals surface area (Å²) in [7, 11) is 0. The maximum absolute atomic E-state index is 12.9. The quantitative estimate of drug-likeness (QED) is 0.495. The fraction of sp³-hybridized carbons (Fsp3) is 0.360. The number of nitrogens with one attached hydrogen (secondary N) is 2. The van der Waals surface area contributed by atoms with E-state index in [4.69, 9.17) is 16.1 Å². The summed E-state index contributed by atoms with van der Waals surface area (Å²) in [5.41, 5.74) is 1.83. The molecule has 1 aliphatic rings. The maximum atomic E-state index is 12.9. The number of likely N-dealkylation sites (tertiary alicyclic amines) is 1. The Labute approximate surface area is 203 Å². The van der Waals surface area contributed by atoms with Crippen LogP contribution in [0.4, 0.5) is 5.69 Å². The van der Waals surface area contributed by atoms with E-state index >= 15 is 0 Å². The van der Waals surface area contributed by atoms with Crippen LogP contribution in [0.25, 0.3) is 11.4 Å². The van der Waals surface area contributed by atoms with Crippen LogP contribution in [-0.2, 0) is 11.3 Å². The predicted octanol–water partition coefficient (Wildman–Crippen LogP) is 4.38. The van der Waals surface area contributed by atoms with Crippen LogP contribution in [0.2, 0.25) is 5.02 Å². The highest BCUT2D eigenvalue weighted by Crippen LogP contribution is 2.24. The van der Waals surface area contributed by atoms with Crippen LogP contribution < -0.4 is 10.6 Å². The van der Waals surface area contributed by atoms with Crippen molar-refractivity contribution in [2.75, 3.05) is 25.0 Å². The molecule has 2 aromatic carbocycles. The summed E-state index contributed by atoms with van der Waals surface area (Å²) in [5, 5.41) is 10.5. The summed E-state index contributed by atoms with van der Waals surface area (Å²) in [5.74, 6) is 0.687. The second kappa shape index (κ2) is 11.3. The molecule has 2 N–H and O–H groups in total. The number of hydrogen-bond acceptors (Lipinski definition) is 6. The van der Waals surface area contributed by atoms with Gasteiger partial charge in [-0.3, -0.25) is 14.5 Å². The fourth-order valence-corrected chi connectivity index (χ4v) is 4.16. The van der Waals surface area contributed by atoms with Crippen molar-refractivity contribution in [1.29, 1.82) is 0 Å². The van der Waals surface area contributed by atoms with E-state index in [-0.39, 0.29) is 17.7 Å². The molecule has 0 atom stereocenters. The van der Waals surface area contributed by atoms with Crippen molar-refractivity contribution in [3.63, 3.8) is 0 Å². The number of hydrogen-bond donors (Lipinski definition) is 2. The molecule has 2 heterocycles. The van der Waals surface area contributed by atoms with E-state index in [1.807, 2.05) is 25.1 Å². The summed E-state index contributed by atoms with van der Waals surface area (Å²) in [6.07, 6.45) is 2.28. The van der Waals surface area contributed by atoms with Gasteiger partial charge in [0.05, 0.1) is 17.8 Å². The van der Waals surface area contributed by atoms with Gasteiger partial charge < -0.3 is 15.2 Å². The van der Waals surface area contributed by atoms with Gasteiger partial charge in [-0.1, -0.05) is 47.9 Å². The van der Waals surface area contributed by atoms with E-state index in [0.29, 0.717) is 53.9 Å². The molecule has 1 aliphatic heterocycles. The van der Waals surface area contributed by atoms with Gasteiger partial charge >= 0.3 is 0 Å². The number of anilines is 1. The van der Waals surface area contributed by atoms with Gasteiger partial charge in [0.25, 0.3) is 5.91 Å². The molecule has 0 spiro atoms. The van der Waals surface area contributed by atoms with Gasteiger partial charge in [0.2, 0.25) is 17.6 Å². The first kappa shape index (κ1) is 23.9. The summed E-state index contributed by atoms with van der Waals surface area (Å²) < 4.78 is 5.42. The summed E-state index contributed by atoms with van der Waals surface area (Å²) in [4.78, 5) is 32.0. The van der Waals surface area contributed by atoms with Crippen molar-refractivity contribution in [2.45, 2.75) is 32.7 Å². The molecular weight excluding hydrogens is 454 g/mol. The molecule has 8 nitrogen and oxygen atoms in total. The van der Waals surface area contributed by atoms with Gasteiger partial charge in [-0.2, -0.15) is 4.98 Å². The normalized spacial score (nSPS) is 14.6. The average molecular weight is 482 g/mol. The molecule has 0 unspecified atom stereocenters. The number of carbonyl (C=O) groups is 2. The third-order valence-corrected chi connectivity index (χ3v) is 6.07. The molecule has 0 aliphatic carbocycles. The number of amides is 2. The third-order valence-electron chi connectivity index (χ3n) is 5.83. The number of halogens is 1. The minimum Gasteiger partial charge on any atom is -0.352 e. The molecule has 2 amide bonds. The van der Waals surface area contributed by atoms with E-state index in [1.54, 1.807) is 30.3 Å². The number of para-hydroxylation sites is 1. The zero-order valence-corrected chi connectivity index (χ0v) is 19.8. The van der Waals surface area contributed by atoms with Gasteiger partial charge in [-0.05, 0) is 56.6 Å². The Bertz CT molecular complexity index is 1140. The third kappa shape index (κ3) is 6.01.